The molecule has 0 bridgehead atoms. The minimum absolute atomic E-state index is 0. The van der Waals surface area contributed by atoms with E-state index in [1.165, 1.54) is 19.3 Å². The monoisotopic (exact) mass is 384 g/mol. The van der Waals surface area contributed by atoms with E-state index in [-0.39, 0.29) is 49.1 Å². The fraction of sp³-hybridized carbons (Fsp3) is 0.875. The van der Waals surface area contributed by atoms with Crippen LogP contribution in [0.15, 0.2) is 0 Å². The highest BCUT2D eigenvalue weighted by molar-refractivity contribution is 5.87. The molecule has 1 aliphatic heterocycles. The molecule has 1 heterocycles. The number of nitrogens with zero attached hydrogens (tertiary/aromatic N) is 1. The number of nitrogens with one attached hydrogen (secondary N) is 2. The molecule has 4 N–H and O–H groups in total. The van der Waals surface area contributed by atoms with E-state index < -0.39 is 6.04 Å². The largest absolute Gasteiger partial charge is 0.353 e. The molecule has 0 aromatic heterocycles. The molecule has 1 saturated heterocycles. The molecule has 24 heavy (non-hydrogen) atoms. The first-order valence-electron chi connectivity index (χ1n) is 8.38. The lowest BCUT2D eigenvalue weighted by Crippen LogP contribution is -2.50. The molecule has 0 aromatic rings. The normalized spacial score (nSPS) is 20.3. The van der Waals surface area contributed by atoms with Gasteiger partial charge in [0.25, 0.3) is 0 Å². The maximum atomic E-state index is 11.8. The van der Waals surface area contributed by atoms with Crippen molar-refractivity contribution in [2.24, 2.45) is 11.7 Å². The predicted molar refractivity (Wildman–Crippen MR) is 103 cm³/mol. The minimum Gasteiger partial charge on any atom is -0.353 e. The first-order chi connectivity index (χ1) is 10.3. The van der Waals surface area contributed by atoms with Crippen molar-refractivity contribution in [1.29, 1.82) is 0 Å². The van der Waals surface area contributed by atoms with Gasteiger partial charge in [-0.25, -0.2) is 0 Å². The van der Waals surface area contributed by atoms with Crippen LogP contribution in [0.1, 0.15) is 47.0 Å². The third-order valence-corrected chi connectivity index (χ3v) is 4.46. The zero-order valence-corrected chi connectivity index (χ0v) is 16.8. The quantitative estimate of drug-likeness (QED) is 0.617. The number of likely N-dealkylation sites (tertiary alicyclic amines) is 1. The van der Waals surface area contributed by atoms with Crippen LogP contribution in [-0.2, 0) is 9.59 Å². The third-order valence-electron chi connectivity index (χ3n) is 4.46. The zero-order valence-electron chi connectivity index (χ0n) is 15.2. The lowest BCUT2D eigenvalue weighted by atomic mass is 10.0. The summed E-state index contributed by atoms with van der Waals surface area (Å²) in [6.07, 6.45) is 3.74. The van der Waals surface area contributed by atoms with Gasteiger partial charge in [0, 0.05) is 18.6 Å². The second-order valence-corrected chi connectivity index (χ2v) is 6.72. The van der Waals surface area contributed by atoms with E-state index in [9.17, 15) is 9.59 Å². The van der Waals surface area contributed by atoms with Crippen molar-refractivity contribution < 1.29 is 9.59 Å². The van der Waals surface area contributed by atoms with Gasteiger partial charge >= 0.3 is 0 Å². The summed E-state index contributed by atoms with van der Waals surface area (Å²) in [7, 11) is 0. The average molecular weight is 385 g/mol. The molecule has 2 unspecified atom stereocenters. The van der Waals surface area contributed by atoms with E-state index in [2.05, 4.69) is 29.4 Å². The van der Waals surface area contributed by atoms with Crippen LogP contribution in [-0.4, -0.2) is 54.5 Å². The Bertz CT molecular complexity index is 383. The molecule has 0 aliphatic carbocycles. The molecule has 144 valence electrons. The van der Waals surface area contributed by atoms with Gasteiger partial charge in [-0.2, -0.15) is 0 Å². The lowest BCUT2D eigenvalue weighted by molar-refractivity contribution is -0.127. The fourth-order valence-electron chi connectivity index (χ4n) is 2.80. The van der Waals surface area contributed by atoms with E-state index in [1.807, 2.05) is 13.8 Å². The molecule has 0 saturated carbocycles. The van der Waals surface area contributed by atoms with Crippen LogP contribution in [0.2, 0.25) is 0 Å². The number of amides is 2. The van der Waals surface area contributed by atoms with E-state index in [4.69, 9.17) is 5.73 Å². The topological polar surface area (TPSA) is 87.5 Å². The van der Waals surface area contributed by atoms with Crippen LogP contribution in [0.3, 0.4) is 0 Å². The summed E-state index contributed by atoms with van der Waals surface area (Å²) in [6, 6.07) is 0.318. The number of hydrogen-bond donors (Lipinski definition) is 3. The maximum absolute atomic E-state index is 11.8. The van der Waals surface area contributed by atoms with Crippen LogP contribution in [0.5, 0.6) is 0 Å². The Morgan fingerprint density at radius 1 is 1.17 bits per heavy atom. The van der Waals surface area contributed by atoms with E-state index in [1.54, 1.807) is 0 Å². The smallest absolute Gasteiger partial charge is 0.239 e. The summed E-state index contributed by atoms with van der Waals surface area (Å²) in [6.45, 7) is 9.83. The number of halogens is 2. The van der Waals surface area contributed by atoms with Gasteiger partial charge in [-0.15, -0.1) is 24.8 Å². The molecule has 3 atom stereocenters. The summed E-state index contributed by atoms with van der Waals surface area (Å²) >= 11 is 0. The van der Waals surface area contributed by atoms with Crippen LogP contribution < -0.4 is 16.4 Å². The van der Waals surface area contributed by atoms with Crippen molar-refractivity contribution >= 4 is 36.6 Å². The van der Waals surface area contributed by atoms with Crippen molar-refractivity contribution in [1.82, 2.24) is 15.5 Å². The van der Waals surface area contributed by atoms with Gasteiger partial charge in [0.05, 0.1) is 12.6 Å². The Labute approximate surface area is 158 Å². The first kappa shape index (κ1) is 25.7. The third kappa shape index (κ3) is 8.51. The Morgan fingerprint density at radius 2 is 1.79 bits per heavy atom. The van der Waals surface area contributed by atoms with Crippen molar-refractivity contribution in [3.63, 3.8) is 0 Å². The Hall–Kier alpha value is -0.560. The molecule has 0 aromatic carbocycles. The van der Waals surface area contributed by atoms with Crippen molar-refractivity contribution in [3.05, 3.63) is 0 Å². The van der Waals surface area contributed by atoms with Crippen LogP contribution >= 0.6 is 24.8 Å². The summed E-state index contributed by atoms with van der Waals surface area (Å²) < 4.78 is 0. The van der Waals surface area contributed by atoms with Crippen LogP contribution in [0.4, 0.5) is 0 Å². The fourth-order valence-corrected chi connectivity index (χ4v) is 2.80. The second-order valence-electron chi connectivity index (χ2n) is 6.72. The Morgan fingerprint density at radius 3 is 2.33 bits per heavy atom. The lowest BCUT2D eigenvalue weighted by Gasteiger charge is -2.38. The predicted octanol–water partition coefficient (Wildman–Crippen LogP) is 1.31. The summed E-state index contributed by atoms with van der Waals surface area (Å²) in [5, 5.41) is 5.47. The number of rotatable bonds is 7. The summed E-state index contributed by atoms with van der Waals surface area (Å²) in [4.78, 5) is 26.0. The van der Waals surface area contributed by atoms with Gasteiger partial charge in [0.2, 0.25) is 11.8 Å². The molecule has 2 amide bonds. The summed E-state index contributed by atoms with van der Waals surface area (Å²) in [5.74, 6) is -0.382. The van der Waals surface area contributed by atoms with Crippen molar-refractivity contribution in [3.8, 4) is 0 Å². The molecule has 1 rings (SSSR count). The van der Waals surface area contributed by atoms with Gasteiger partial charge in [0.1, 0.15) is 0 Å². The molecule has 0 spiro atoms. The number of carbonyl (C=O) groups excluding carboxylic acids is 2. The highest BCUT2D eigenvalue weighted by Crippen LogP contribution is 2.18. The molecular weight excluding hydrogens is 351 g/mol. The number of hydrogen-bond acceptors (Lipinski definition) is 4. The van der Waals surface area contributed by atoms with Gasteiger partial charge < -0.3 is 16.4 Å². The Kier molecular flexibility index (Phi) is 13.6. The molecule has 6 nitrogen and oxygen atoms in total. The van der Waals surface area contributed by atoms with Crippen LogP contribution in [0.25, 0.3) is 0 Å². The van der Waals surface area contributed by atoms with Crippen molar-refractivity contribution in [2.75, 3.05) is 19.6 Å². The number of carbonyl (C=O) groups is 2. The minimum atomic E-state index is -0.569. The Balaban J connectivity index is 0. The van der Waals surface area contributed by atoms with Crippen LogP contribution in [0, 0.1) is 5.92 Å². The molecular formula is C16H34Cl2N4O2. The van der Waals surface area contributed by atoms with E-state index in [0.717, 1.165) is 6.54 Å². The second kappa shape index (κ2) is 12.8. The molecule has 1 aliphatic rings. The zero-order chi connectivity index (χ0) is 16.7. The molecule has 0 radical (unpaired) electrons. The van der Waals surface area contributed by atoms with Crippen molar-refractivity contribution in [2.45, 2.75) is 65.1 Å². The average Bonchev–Trinajstić information content (AvgIpc) is 2.49. The van der Waals surface area contributed by atoms with Gasteiger partial charge in [-0.3, -0.25) is 14.5 Å². The first-order valence-corrected chi connectivity index (χ1v) is 8.38. The standard InChI is InChI=1S/C16H32N4O2.2ClH/c1-11(2)15(17)16(22)19-10-14(21)18-9-13(4)20-8-6-5-7-12(20)3;;/h11-13,15H,5-10,17H2,1-4H3,(H,18,21)(H,19,22);2*1H/t12?,13?,15-;;/m0../s1. The van der Waals surface area contributed by atoms with E-state index in [0.29, 0.717) is 18.6 Å². The SMILES string of the molecule is CC(C)[C@H](N)C(=O)NCC(=O)NCC(C)N1CCCCC1C.Cl.Cl. The maximum Gasteiger partial charge on any atom is 0.239 e. The highest BCUT2D eigenvalue weighted by Gasteiger charge is 2.23. The van der Waals surface area contributed by atoms with Gasteiger partial charge in [0.15, 0.2) is 0 Å². The number of nitrogens with two attached hydrogens (primary N) is 1. The van der Waals surface area contributed by atoms with Gasteiger partial charge in [-0.05, 0) is 39.2 Å². The summed E-state index contributed by atoms with van der Waals surface area (Å²) in [5.41, 5.74) is 5.73. The molecule has 8 heteroatoms. The molecule has 1 fully saturated rings. The van der Waals surface area contributed by atoms with Gasteiger partial charge in [-0.1, -0.05) is 20.3 Å². The highest BCUT2D eigenvalue weighted by atomic mass is 35.5. The van der Waals surface area contributed by atoms with E-state index >= 15 is 0 Å². The number of piperidine rings is 1.